The second kappa shape index (κ2) is 5.41. The minimum Gasteiger partial charge on any atom is -0.485 e. The molecule has 5 nitrogen and oxygen atoms in total. The van der Waals surface area contributed by atoms with E-state index in [1.54, 1.807) is 32.0 Å². The zero-order chi connectivity index (χ0) is 16.8. The van der Waals surface area contributed by atoms with Gasteiger partial charge in [0.25, 0.3) is 5.56 Å². The fraction of sp³-hybridized carbons (Fsp3) is 0.294. The first-order valence-corrected chi connectivity index (χ1v) is 7.50. The number of ether oxygens (including phenoxy) is 1. The summed E-state index contributed by atoms with van der Waals surface area (Å²) in [5.74, 6) is 0.538. The molecule has 2 heterocycles. The number of rotatable bonds is 1. The van der Waals surface area contributed by atoms with Crippen molar-refractivity contribution >= 4 is 11.6 Å². The largest absolute Gasteiger partial charge is 0.485 e. The smallest absolute Gasteiger partial charge is 0.251 e. The summed E-state index contributed by atoms with van der Waals surface area (Å²) in [7, 11) is 0. The van der Waals surface area contributed by atoms with Crippen LogP contribution in [0.15, 0.2) is 41.3 Å². The van der Waals surface area contributed by atoms with Crippen LogP contribution in [0, 0.1) is 11.3 Å². The lowest BCUT2D eigenvalue weighted by Gasteiger charge is -2.42. The molecule has 1 N–H and O–H groups in total. The fourth-order valence-corrected chi connectivity index (χ4v) is 3.00. The summed E-state index contributed by atoms with van der Waals surface area (Å²) < 4.78 is 7.23. The summed E-state index contributed by atoms with van der Waals surface area (Å²) in [6, 6.07) is 9.19. The van der Waals surface area contributed by atoms with Crippen LogP contribution < -0.4 is 10.3 Å². The minimum absolute atomic E-state index is 0.288. The lowest BCUT2D eigenvalue weighted by molar-refractivity contribution is -0.0642. The third-order valence-corrected chi connectivity index (χ3v) is 4.27. The number of nitriles is 1. The van der Waals surface area contributed by atoms with E-state index in [4.69, 9.17) is 21.6 Å². The maximum Gasteiger partial charge on any atom is 0.251 e. The van der Waals surface area contributed by atoms with Crippen LogP contribution in [0.5, 0.6) is 5.75 Å². The van der Waals surface area contributed by atoms with Crippen molar-refractivity contribution in [3.05, 3.63) is 63.0 Å². The first-order chi connectivity index (χ1) is 10.8. The summed E-state index contributed by atoms with van der Waals surface area (Å²) >= 11 is 6.02. The third kappa shape index (κ3) is 2.61. The van der Waals surface area contributed by atoms with Crippen LogP contribution in [-0.4, -0.2) is 21.4 Å². The molecule has 1 aliphatic rings. The highest BCUT2D eigenvalue weighted by molar-refractivity contribution is 6.30. The zero-order valence-electron chi connectivity index (χ0n) is 12.7. The first-order valence-electron chi connectivity index (χ1n) is 7.12. The Morgan fingerprint density at radius 3 is 2.78 bits per heavy atom. The maximum absolute atomic E-state index is 12.3. The van der Waals surface area contributed by atoms with Gasteiger partial charge in [0.15, 0.2) is 0 Å². The molecule has 1 aliphatic heterocycles. The molecule has 0 saturated carbocycles. The molecule has 0 radical (unpaired) electrons. The summed E-state index contributed by atoms with van der Waals surface area (Å²) in [5.41, 5.74) is -0.169. The molecule has 2 atom stereocenters. The highest BCUT2D eigenvalue weighted by Gasteiger charge is 2.44. The van der Waals surface area contributed by atoms with E-state index >= 15 is 0 Å². The molecule has 0 aliphatic carbocycles. The Morgan fingerprint density at radius 1 is 1.35 bits per heavy atom. The molecule has 1 aromatic heterocycles. The van der Waals surface area contributed by atoms with Gasteiger partial charge in [-0.3, -0.25) is 4.79 Å². The summed E-state index contributed by atoms with van der Waals surface area (Å²) in [6.07, 6.45) is 0.502. The standard InChI is InChI=1S/C17H15ClN2O3/c1-17(2)16(22)15(20-9-11(18)4-6-14(20)21)12-7-10(8-19)3-5-13(12)23-17/h3-7,9,15-16,22H,1-2H3/t15-,16+/m1/s1. The van der Waals surface area contributed by atoms with Crippen LogP contribution in [0.4, 0.5) is 0 Å². The Morgan fingerprint density at radius 2 is 2.09 bits per heavy atom. The molecule has 23 heavy (non-hydrogen) atoms. The van der Waals surface area contributed by atoms with Crippen molar-refractivity contribution < 1.29 is 9.84 Å². The second-order valence-electron chi connectivity index (χ2n) is 6.05. The van der Waals surface area contributed by atoms with Crippen LogP contribution in [0.2, 0.25) is 5.02 Å². The molecule has 3 rings (SSSR count). The predicted octanol–water partition coefficient (Wildman–Crippen LogP) is 2.49. The molecular weight excluding hydrogens is 316 g/mol. The number of pyridine rings is 1. The molecule has 118 valence electrons. The number of aliphatic hydroxyl groups is 1. The van der Waals surface area contributed by atoms with E-state index < -0.39 is 17.7 Å². The summed E-state index contributed by atoms with van der Waals surface area (Å²) in [5, 5.41) is 20.3. The second-order valence-corrected chi connectivity index (χ2v) is 6.49. The fourth-order valence-electron chi connectivity index (χ4n) is 2.83. The Balaban J connectivity index is 2.28. The number of benzene rings is 1. The molecule has 6 heteroatoms. The van der Waals surface area contributed by atoms with Crippen LogP contribution in [0.25, 0.3) is 0 Å². The number of hydrogen-bond acceptors (Lipinski definition) is 4. The number of aromatic nitrogens is 1. The quantitative estimate of drug-likeness (QED) is 0.871. The van der Waals surface area contributed by atoms with Gasteiger partial charge in [0.2, 0.25) is 0 Å². The minimum atomic E-state index is -0.986. The van der Waals surface area contributed by atoms with Gasteiger partial charge in [0.1, 0.15) is 17.5 Å². The van der Waals surface area contributed by atoms with Crippen molar-refractivity contribution in [1.82, 2.24) is 4.57 Å². The number of hydrogen-bond donors (Lipinski definition) is 1. The lowest BCUT2D eigenvalue weighted by Crippen LogP contribution is -2.52. The van der Waals surface area contributed by atoms with Crippen LogP contribution in [0.1, 0.15) is 31.0 Å². The van der Waals surface area contributed by atoms with Crippen LogP contribution >= 0.6 is 11.6 Å². The van der Waals surface area contributed by atoms with Crippen LogP contribution in [-0.2, 0) is 0 Å². The SMILES string of the molecule is CC1(C)Oc2ccc(C#N)cc2[C@@H](n2cc(Cl)ccc2=O)[C@@H]1O. The molecule has 0 saturated heterocycles. The van der Waals surface area contributed by atoms with Gasteiger partial charge in [0.05, 0.1) is 22.7 Å². The van der Waals surface area contributed by atoms with Gasteiger partial charge >= 0.3 is 0 Å². The predicted molar refractivity (Wildman–Crippen MR) is 85.7 cm³/mol. The maximum atomic E-state index is 12.3. The van der Waals surface area contributed by atoms with Gasteiger partial charge in [-0.1, -0.05) is 11.6 Å². The van der Waals surface area contributed by atoms with Crippen molar-refractivity contribution in [2.24, 2.45) is 0 Å². The van der Waals surface area contributed by atoms with Gasteiger partial charge in [0, 0.05) is 17.8 Å². The highest BCUT2D eigenvalue weighted by Crippen LogP contribution is 2.41. The molecule has 2 aromatic rings. The molecule has 0 spiro atoms. The van der Waals surface area contributed by atoms with Gasteiger partial charge in [-0.25, -0.2) is 0 Å². The van der Waals surface area contributed by atoms with Crippen molar-refractivity contribution in [2.75, 3.05) is 0 Å². The van der Waals surface area contributed by atoms with Gasteiger partial charge in [-0.15, -0.1) is 0 Å². The van der Waals surface area contributed by atoms with E-state index in [1.807, 2.05) is 0 Å². The van der Waals surface area contributed by atoms with Crippen molar-refractivity contribution in [3.8, 4) is 11.8 Å². The molecule has 0 bridgehead atoms. The van der Waals surface area contributed by atoms with Crippen LogP contribution in [0.3, 0.4) is 0 Å². The van der Waals surface area contributed by atoms with E-state index in [0.717, 1.165) is 0 Å². The number of halogens is 1. The average Bonchev–Trinajstić information content (AvgIpc) is 2.51. The third-order valence-electron chi connectivity index (χ3n) is 4.04. The molecular formula is C17H15ClN2O3. The molecule has 0 unspecified atom stereocenters. The highest BCUT2D eigenvalue weighted by atomic mass is 35.5. The van der Waals surface area contributed by atoms with E-state index in [2.05, 4.69) is 6.07 Å². The molecule has 1 aromatic carbocycles. The Kier molecular flexibility index (Phi) is 3.67. The van der Waals surface area contributed by atoms with E-state index in [0.29, 0.717) is 21.9 Å². The Labute approximate surface area is 138 Å². The van der Waals surface area contributed by atoms with Gasteiger partial charge < -0.3 is 14.4 Å². The number of nitrogens with zero attached hydrogens (tertiary/aromatic N) is 2. The molecule has 0 amide bonds. The summed E-state index contributed by atoms with van der Waals surface area (Å²) in [4.78, 5) is 12.3. The summed E-state index contributed by atoms with van der Waals surface area (Å²) in [6.45, 7) is 3.50. The lowest BCUT2D eigenvalue weighted by atomic mass is 9.85. The normalized spacial score (nSPS) is 21.9. The monoisotopic (exact) mass is 330 g/mol. The van der Waals surface area contributed by atoms with E-state index in [-0.39, 0.29) is 5.56 Å². The van der Waals surface area contributed by atoms with Crippen molar-refractivity contribution in [1.29, 1.82) is 5.26 Å². The number of fused-ring (bicyclic) bond motifs is 1. The number of aliphatic hydroxyl groups excluding tert-OH is 1. The van der Waals surface area contributed by atoms with Gasteiger partial charge in [-0.2, -0.15) is 5.26 Å². The zero-order valence-corrected chi connectivity index (χ0v) is 13.4. The average molecular weight is 331 g/mol. The van der Waals surface area contributed by atoms with E-state index in [9.17, 15) is 9.90 Å². The van der Waals surface area contributed by atoms with Crippen molar-refractivity contribution in [2.45, 2.75) is 31.6 Å². The van der Waals surface area contributed by atoms with Crippen molar-refractivity contribution in [3.63, 3.8) is 0 Å². The topological polar surface area (TPSA) is 75.2 Å². The Hall–Kier alpha value is -2.29. The van der Waals surface area contributed by atoms with Gasteiger partial charge in [-0.05, 0) is 38.1 Å². The van der Waals surface area contributed by atoms with E-state index in [1.165, 1.54) is 22.9 Å². The Bertz CT molecular complexity index is 867. The first kappa shape index (κ1) is 15.6. The molecule has 0 fully saturated rings.